The summed E-state index contributed by atoms with van der Waals surface area (Å²) < 4.78 is 2.24. The molecule has 21 heavy (non-hydrogen) atoms. The number of para-hydroxylation sites is 1. The average Bonchev–Trinajstić information content (AvgIpc) is 2.78. The monoisotopic (exact) mass is 326 g/mol. The zero-order valence-electron chi connectivity index (χ0n) is 13.1. The third kappa shape index (κ3) is 3.92. The lowest BCUT2D eigenvalue weighted by Crippen LogP contribution is -2.21. The van der Waals surface area contributed by atoms with Crippen molar-refractivity contribution in [1.29, 1.82) is 0 Å². The topological polar surface area (TPSA) is 17.8 Å². The van der Waals surface area contributed by atoms with E-state index in [-0.39, 0.29) is 5.41 Å². The first-order valence-corrected chi connectivity index (χ1v) is 8.59. The predicted octanol–water partition coefficient (Wildman–Crippen LogP) is 6.04. The van der Waals surface area contributed by atoms with E-state index in [9.17, 15) is 0 Å². The van der Waals surface area contributed by atoms with Gasteiger partial charge in [0.15, 0.2) is 0 Å². The number of halogens is 2. The van der Waals surface area contributed by atoms with Gasteiger partial charge in [-0.1, -0.05) is 57.7 Å². The Balaban J connectivity index is 2.30. The molecule has 2 rings (SSSR count). The fourth-order valence-corrected chi connectivity index (χ4v) is 3.22. The smallest absolute Gasteiger partial charge is 0.124 e. The first kappa shape index (κ1) is 16.6. The molecule has 0 aliphatic rings. The summed E-state index contributed by atoms with van der Waals surface area (Å²) in [6.45, 7) is 7.80. The molecular formula is C17H24Cl2N2. The van der Waals surface area contributed by atoms with Crippen LogP contribution < -0.4 is 0 Å². The highest BCUT2D eigenvalue weighted by Gasteiger charge is 2.22. The van der Waals surface area contributed by atoms with Crippen molar-refractivity contribution in [2.24, 2.45) is 5.41 Å². The van der Waals surface area contributed by atoms with Crippen LogP contribution in [0, 0.1) is 5.41 Å². The molecule has 2 nitrogen and oxygen atoms in total. The highest BCUT2D eigenvalue weighted by molar-refractivity contribution is 6.35. The lowest BCUT2D eigenvalue weighted by atomic mass is 9.86. The summed E-state index contributed by atoms with van der Waals surface area (Å²) in [5.41, 5.74) is 2.17. The number of hydrogen-bond donors (Lipinski definition) is 0. The van der Waals surface area contributed by atoms with Crippen LogP contribution in [0.15, 0.2) is 18.2 Å². The molecule has 0 amide bonds. The van der Waals surface area contributed by atoms with Crippen LogP contribution in [0.5, 0.6) is 0 Å². The van der Waals surface area contributed by atoms with Gasteiger partial charge in [-0.3, -0.25) is 0 Å². The first-order chi connectivity index (χ1) is 9.98. The van der Waals surface area contributed by atoms with Gasteiger partial charge in [0.1, 0.15) is 11.3 Å². The lowest BCUT2D eigenvalue weighted by molar-refractivity contribution is 0.272. The van der Waals surface area contributed by atoms with E-state index in [1.807, 2.05) is 12.1 Å². The standard InChI is InChI=1S/C17H24Cl2N2/c1-4-5-6-10-17(2,3)12-21-14-9-7-8-13(19)16(14)20-15(21)11-18/h7-9H,4-6,10-12H2,1-3H3. The highest BCUT2D eigenvalue weighted by Crippen LogP contribution is 2.31. The average molecular weight is 327 g/mol. The number of nitrogens with zero attached hydrogens (tertiary/aromatic N) is 2. The SMILES string of the molecule is CCCCCC(C)(C)Cn1c(CCl)nc2c(Cl)cccc21. The van der Waals surface area contributed by atoms with Gasteiger partial charge in [0, 0.05) is 6.54 Å². The van der Waals surface area contributed by atoms with Crippen LogP contribution in [-0.4, -0.2) is 9.55 Å². The maximum Gasteiger partial charge on any atom is 0.124 e. The molecule has 0 radical (unpaired) electrons. The molecule has 0 aliphatic carbocycles. The number of benzene rings is 1. The van der Waals surface area contributed by atoms with E-state index < -0.39 is 0 Å². The maximum absolute atomic E-state index is 6.25. The minimum absolute atomic E-state index is 0.228. The van der Waals surface area contributed by atoms with E-state index in [1.165, 1.54) is 25.7 Å². The summed E-state index contributed by atoms with van der Waals surface area (Å²) in [5, 5.41) is 0.696. The zero-order chi connectivity index (χ0) is 15.5. The lowest BCUT2D eigenvalue weighted by Gasteiger charge is -2.26. The number of unbranched alkanes of at least 4 members (excludes halogenated alkanes) is 2. The predicted molar refractivity (Wildman–Crippen MR) is 92.2 cm³/mol. The number of fused-ring (bicyclic) bond motifs is 1. The van der Waals surface area contributed by atoms with Crippen molar-refractivity contribution in [1.82, 2.24) is 9.55 Å². The van der Waals surface area contributed by atoms with Crippen LogP contribution in [0.25, 0.3) is 11.0 Å². The number of imidazole rings is 1. The van der Waals surface area contributed by atoms with Crippen molar-refractivity contribution in [3.05, 3.63) is 29.0 Å². The van der Waals surface area contributed by atoms with Crippen LogP contribution in [0.1, 0.15) is 52.3 Å². The van der Waals surface area contributed by atoms with Crippen LogP contribution in [-0.2, 0) is 12.4 Å². The van der Waals surface area contributed by atoms with Crippen molar-refractivity contribution < 1.29 is 0 Å². The Labute approximate surface area is 137 Å². The summed E-state index contributed by atoms with van der Waals surface area (Å²) >= 11 is 12.3. The molecule has 0 saturated carbocycles. The molecule has 0 saturated heterocycles. The molecule has 1 aromatic carbocycles. The van der Waals surface area contributed by atoms with E-state index in [4.69, 9.17) is 23.2 Å². The minimum Gasteiger partial charge on any atom is -0.326 e. The van der Waals surface area contributed by atoms with E-state index >= 15 is 0 Å². The van der Waals surface area contributed by atoms with Gasteiger partial charge in [-0.15, -0.1) is 11.6 Å². The van der Waals surface area contributed by atoms with Gasteiger partial charge in [-0.2, -0.15) is 0 Å². The zero-order valence-corrected chi connectivity index (χ0v) is 14.6. The molecule has 0 unspecified atom stereocenters. The number of aromatic nitrogens is 2. The molecule has 1 heterocycles. The third-order valence-corrected chi connectivity index (χ3v) is 4.52. The fraction of sp³-hybridized carbons (Fsp3) is 0.588. The third-order valence-electron chi connectivity index (χ3n) is 3.97. The Morgan fingerprint density at radius 2 is 2.00 bits per heavy atom. The van der Waals surface area contributed by atoms with Crippen LogP contribution in [0.2, 0.25) is 5.02 Å². The summed E-state index contributed by atoms with van der Waals surface area (Å²) in [5.74, 6) is 1.32. The van der Waals surface area contributed by atoms with Crippen molar-refractivity contribution in [3.8, 4) is 0 Å². The molecular weight excluding hydrogens is 303 g/mol. The second-order valence-corrected chi connectivity index (χ2v) is 7.15. The Bertz CT molecular complexity index is 602. The molecule has 0 fully saturated rings. The molecule has 0 aliphatic heterocycles. The molecule has 0 bridgehead atoms. The first-order valence-electron chi connectivity index (χ1n) is 7.68. The maximum atomic E-state index is 6.25. The quantitative estimate of drug-likeness (QED) is 0.448. The molecule has 2 aromatic rings. The molecule has 116 valence electrons. The Morgan fingerprint density at radius 1 is 1.24 bits per heavy atom. The van der Waals surface area contributed by atoms with E-state index in [1.54, 1.807) is 0 Å². The molecule has 0 atom stereocenters. The summed E-state index contributed by atoms with van der Waals surface area (Å²) in [7, 11) is 0. The van der Waals surface area contributed by atoms with E-state index in [0.29, 0.717) is 10.9 Å². The number of rotatable bonds is 7. The second kappa shape index (κ2) is 7.02. The van der Waals surface area contributed by atoms with Gasteiger partial charge in [-0.25, -0.2) is 4.98 Å². The Kier molecular flexibility index (Phi) is 5.56. The van der Waals surface area contributed by atoms with Gasteiger partial charge in [0.2, 0.25) is 0 Å². The Morgan fingerprint density at radius 3 is 2.67 bits per heavy atom. The van der Waals surface area contributed by atoms with Gasteiger partial charge in [0.05, 0.1) is 16.4 Å². The Hall–Kier alpha value is -0.730. The van der Waals surface area contributed by atoms with Gasteiger partial charge < -0.3 is 4.57 Å². The largest absolute Gasteiger partial charge is 0.326 e. The second-order valence-electron chi connectivity index (χ2n) is 6.48. The van der Waals surface area contributed by atoms with Crippen LogP contribution >= 0.6 is 23.2 Å². The molecule has 4 heteroatoms. The minimum atomic E-state index is 0.228. The van der Waals surface area contributed by atoms with Crippen molar-refractivity contribution in [3.63, 3.8) is 0 Å². The number of hydrogen-bond acceptors (Lipinski definition) is 1. The summed E-state index contributed by atoms with van der Waals surface area (Å²) in [6, 6.07) is 5.93. The number of alkyl halides is 1. The highest BCUT2D eigenvalue weighted by atomic mass is 35.5. The summed E-state index contributed by atoms with van der Waals surface area (Å²) in [6.07, 6.45) is 5.03. The summed E-state index contributed by atoms with van der Waals surface area (Å²) in [4.78, 5) is 4.61. The van der Waals surface area contributed by atoms with Gasteiger partial charge >= 0.3 is 0 Å². The van der Waals surface area contributed by atoms with Crippen molar-refractivity contribution in [2.75, 3.05) is 0 Å². The van der Waals surface area contributed by atoms with E-state index in [0.717, 1.165) is 23.4 Å². The van der Waals surface area contributed by atoms with Crippen molar-refractivity contribution >= 4 is 34.2 Å². The molecule has 0 spiro atoms. The molecule has 0 N–H and O–H groups in total. The normalized spacial score (nSPS) is 12.2. The van der Waals surface area contributed by atoms with E-state index in [2.05, 4.69) is 36.4 Å². The van der Waals surface area contributed by atoms with Crippen molar-refractivity contribution in [2.45, 2.75) is 58.9 Å². The van der Waals surface area contributed by atoms with Gasteiger partial charge in [0.25, 0.3) is 0 Å². The van der Waals surface area contributed by atoms with Crippen LogP contribution in [0.4, 0.5) is 0 Å². The fourth-order valence-electron chi connectivity index (χ4n) is 2.80. The molecule has 1 aromatic heterocycles. The van der Waals surface area contributed by atoms with Crippen LogP contribution in [0.3, 0.4) is 0 Å². The van der Waals surface area contributed by atoms with Gasteiger partial charge in [-0.05, 0) is 24.0 Å².